The van der Waals surface area contributed by atoms with Gasteiger partial charge in [-0.2, -0.15) is 0 Å². The van der Waals surface area contributed by atoms with Crippen LogP contribution in [-0.4, -0.2) is 92.5 Å². The van der Waals surface area contributed by atoms with Gasteiger partial charge in [0.25, 0.3) is 0 Å². The Kier molecular flexibility index (Phi) is 15.2. The van der Waals surface area contributed by atoms with Crippen LogP contribution in [0.1, 0.15) is 64.8 Å². The standard InChI is InChI=1S/C38H49F2N7O8/c1-21(41)35(52)43-22(2)36(53)45-29(34(42)51)17-31(49)44-28(37(54)55)13-14-47(32(50)20-48)33(38(3,4)5)30-15-24(26-16-25(39)11-12-27(26)40)19-46(30)18-23-9-7-6-8-10-23/h6-12,15-16,19,21-22,28-29,33,48H,13-14,17-18,20,41H2,1-5H3,(H2,42,51)(H,43,52)(H,44,49)(H,45,53)(H,54,55)/t21-,22-,28-,29-,33-/m0/s1. The van der Waals surface area contributed by atoms with Crippen molar-refractivity contribution in [2.45, 2.75) is 84.2 Å². The molecule has 0 radical (unpaired) electrons. The predicted octanol–water partition coefficient (Wildman–Crippen LogP) is 1.56. The van der Waals surface area contributed by atoms with Gasteiger partial charge in [-0.3, -0.25) is 24.0 Å². The summed E-state index contributed by atoms with van der Waals surface area (Å²) in [5, 5.41) is 27.1. The second-order valence-corrected chi connectivity index (χ2v) is 14.3. The molecule has 2 aromatic carbocycles. The molecule has 0 saturated carbocycles. The lowest BCUT2D eigenvalue weighted by Gasteiger charge is -2.41. The third-order valence-corrected chi connectivity index (χ3v) is 8.74. The Morgan fingerprint density at radius 1 is 0.909 bits per heavy atom. The van der Waals surface area contributed by atoms with Crippen molar-refractivity contribution in [2.24, 2.45) is 16.9 Å². The lowest BCUT2D eigenvalue weighted by atomic mass is 9.82. The maximum absolute atomic E-state index is 15.1. The lowest BCUT2D eigenvalue weighted by Crippen LogP contribution is -2.55. The number of aliphatic hydroxyl groups excluding tert-OH is 1. The summed E-state index contributed by atoms with van der Waals surface area (Å²) in [5.41, 5.74) is 11.7. The average molecular weight is 770 g/mol. The number of nitrogens with zero attached hydrogens (tertiary/aromatic N) is 2. The van der Waals surface area contributed by atoms with Crippen LogP contribution < -0.4 is 27.4 Å². The number of amides is 5. The van der Waals surface area contributed by atoms with E-state index in [1.807, 2.05) is 51.1 Å². The number of halogens is 2. The summed E-state index contributed by atoms with van der Waals surface area (Å²) in [6.07, 6.45) is 0.495. The van der Waals surface area contributed by atoms with Crippen LogP contribution in [0.4, 0.5) is 8.78 Å². The largest absolute Gasteiger partial charge is 0.480 e. The van der Waals surface area contributed by atoms with Crippen molar-refractivity contribution in [1.82, 2.24) is 25.4 Å². The number of rotatable bonds is 18. The number of hydrogen-bond acceptors (Lipinski definition) is 8. The Balaban J connectivity index is 1.93. The Hall–Kier alpha value is -5.68. The molecule has 5 amide bonds. The molecule has 0 aliphatic carbocycles. The van der Waals surface area contributed by atoms with Gasteiger partial charge in [0.05, 0.1) is 18.5 Å². The van der Waals surface area contributed by atoms with Gasteiger partial charge >= 0.3 is 5.97 Å². The summed E-state index contributed by atoms with van der Waals surface area (Å²) in [4.78, 5) is 76.8. The number of carboxylic acids is 1. The van der Waals surface area contributed by atoms with Crippen LogP contribution >= 0.6 is 0 Å². The lowest BCUT2D eigenvalue weighted by molar-refractivity contribution is -0.144. The van der Waals surface area contributed by atoms with Gasteiger partial charge in [0, 0.05) is 36.1 Å². The first kappa shape index (κ1) is 43.7. The first-order chi connectivity index (χ1) is 25.7. The normalized spacial score (nSPS) is 14.1. The van der Waals surface area contributed by atoms with Gasteiger partial charge in [-0.15, -0.1) is 0 Å². The zero-order valence-electron chi connectivity index (χ0n) is 31.3. The van der Waals surface area contributed by atoms with Crippen LogP contribution in [-0.2, 0) is 35.3 Å². The zero-order valence-corrected chi connectivity index (χ0v) is 31.3. The van der Waals surface area contributed by atoms with Crippen molar-refractivity contribution in [3.63, 3.8) is 0 Å². The second-order valence-electron chi connectivity index (χ2n) is 14.3. The monoisotopic (exact) mass is 769 g/mol. The molecule has 1 aromatic heterocycles. The first-order valence-electron chi connectivity index (χ1n) is 17.5. The molecule has 3 rings (SSSR count). The first-order valence-corrected chi connectivity index (χ1v) is 17.5. The third-order valence-electron chi connectivity index (χ3n) is 8.74. The van der Waals surface area contributed by atoms with Crippen LogP contribution in [0.3, 0.4) is 0 Å². The summed E-state index contributed by atoms with van der Waals surface area (Å²) < 4.78 is 31.1. The summed E-state index contributed by atoms with van der Waals surface area (Å²) in [7, 11) is 0. The summed E-state index contributed by atoms with van der Waals surface area (Å²) in [6, 6.07) is 7.73. The van der Waals surface area contributed by atoms with E-state index in [1.54, 1.807) is 16.8 Å². The number of hydrogen-bond donors (Lipinski definition) is 7. The van der Waals surface area contributed by atoms with Crippen LogP contribution in [0, 0.1) is 17.0 Å². The minimum atomic E-state index is -1.62. The summed E-state index contributed by atoms with van der Waals surface area (Å²) >= 11 is 0. The minimum Gasteiger partial charge on any atom is -0.480 e. The molecule has 0 fully saturated rings. The molecule has 0 saturated heterocycles. The predicted molar refractivity (Wildman–Crippen MR) is 198 cm³/mol. The Bertz CT molecular complexity index is 1860. The molecular formula is C38H49F2N7O8. The van der Waals surface area contributed by atoms with Gasteiger partial charge in [0.15, 0.2) is 0 Å². The number of aliphatic hydroxyl groups is 1. The number of benzene rings is 2. The molecule has 15 nitrogen and oxygen atoms in total. The molecule has 0 bridgehead atoms. The van der Waals surface area contributed by atoms with E-state index in [2.05, 4.69) is 16.0 Å². The number of carbonyl (C=O) groups is 6. The highest BCUT2D eigenvalue weighted by molar-refractivity contribution is 5.95. The van der Waals surface area contributed by atoms with Crippen molar-refractivity contribution >= 4 is 35.5 Å². The second kappa shape index (κ2) is 19.1. The van der Waals surface area contributed by atoms with E-state index in [1.165, 1.54) is 18.7 Å². The molecule has 1 heterocycles. The highest BCUT2D eigenvalue weighted by atomic mass is 19.1. The van der Waals surface area contributed by atoms with E-state index >= 15 is 4.39 Å². The number of aliphatic carboxylic acids is 1. The number of nitrogens with two attached hydrogens (primary N) is 2. The SMILES string of the molecule is C[C@H](N)C(=O)N[C@@H](C)C(=O)N[C@@H](CC(=O)N[C@@H](CCN(C(=O)CO)[C@@H](c1cc(-c2cc(F)ccc2F)cn1Cc1ccccc1)C(C)(C)C)C(=O)O)C(N)=O. The van der Waals surface area contributed by atoms with E-state index in [0.29, 0.717) is 11.3 Å². The van der Waals surface area contributed by atoms with Crippen molar-refractivity contribution in [3.8, 4) is 11.1 Å². The van der Waals surface area contributed by atoms with E-state index < -0.39 is 95.8 Å². The van der Waals surface area contributed by atoms with Gasteiger partial charge in [-0.25, -0.2) is 13.6 Å². The third kappa shape index (κ3) is 12.2. The molecule has 9 N–H and O–H groups in total. The number of aromatic nitrogens is 1. The zero-order chi connectivity index (χ0) is 41.2. The van der Waals surface area contributed by atoms with E-state index in [9.17, 15) is 43.4 Å². The quantitative estimate of drug-likeness (QED) is 0.0993. The summed E-state index contributed by atoms with van der Waals surface area (Å²) in [5.74, 6) is -7.19. The molecule has 55 heavy (non-hydrogen) atoms. The average Bonchev–Trinajstić information content (AvgIpc) is 3.51. The Labute approximate surface area is 317 Å². The minimum absolute atomic E-state index is 0.0239. The van der Waals surface area contributed by atoms with E-state index in [4.69, 9.17) is 11.5 Å². The van der Waals surface area contributed by atoms with Gasteiger partial charge in [-0.05, 0) is 55.5 Å². The van der Waals surface area contributed by atoms with Crippen molar-refractivity contribution in [1.29, 1.82) is 0 Å². The Morgan fingerprint density at radius 2 is 1.56 bits per heavy atom. The maximum Gasteiger partial charge on any atom is 0.326 e. The highest BCUT2D eigenvalue weighted by Crippen LogP contribution is 2.41. The van der Waals surface area contributed by atoms with Gasteiger partial charge < -0.3 is 47.1 Å². The summed E-state index contributed by atoms with van der Waals surface area (Å²) in [6.45, 7) is 7.14. The van der Waals surface area contributed by atoms with Crippen LogP contribution in [0.15, 0.2) is 60.8 Å². The van der Waals surface area contributed by atoms with E-state index in [0.717, 1.165) is 23.8 Å². The number of nitrogens with one attached hydrogen (secondary N) is 3. The van der Waals surface area contributed by atoms with E-state index in [-0.39, 0.29) is 25.1 Å². The molecule has 3 aromatic rings. The topological polar surface area (TPSA) is 239 Å². The van der Waals surface area contributed by atoms with Gasteiger partial charge in [-0.1, -0.05) is 51.1 Å². The number of carboxylic acid groups (broad SMARTS) is 1. The Morgan fingerprint density at radius 3 is 2.13 bits per heavy atom. The number of primary amides is 1. The molecule has 5 atom stereocenters. The fourth-order valence-electron chi connectivity index (χ4n) is 5.99. The van der Waals surface area contributed by atoms with Crippen molar-refractivity contribution in [2.75, 3.05) is 13.2 Å². The van der Waals surface area contributed by atoms with Gasteiger partial charge in [0.2, 0.25) is 29.5 Å². The molecule has 17 heteroatoms. The molecule has 0 spiro atoms. The molecule has 0 unspecified atom stereocenters. The van der Waals surface area contributed by atoms with Crippen LogP contribution in [0.25, 0.3) is 11.1 Å². The highest BCUT2D eigenvalue weighted by Gasteiger charge is 2.38. The van der Waals surface area contributed by atoms with Crippen LogP contribution in [0.2, 0.25) is 0 Å². The molecular weight excluding hydrogens is 720 g/mol. The molecule has 0 aliphatic rings. The molecule has 0 aliphatic heterocycles. The van der Waals surface area contributed by atoms with Crippen LogP contribution in [0.5, 0.6) is 0 Å². The van der Waals surface area contributed by atoms with Gasteiger partial charge in [0.1, 0.15) is 36.4 Å². The fraction of sp³-hybridized carbons (Fsp3) is 0.421. The molecule has 298 valence electrons. The number of carbonyl (C=O) groups excluding carboxylic acids is 5. The van der Waals surface area contributed by atoms with Crippen molar-refractivity contribution < 1.29 is 47.8 Å². The van der Waals surface area contributed by atoms with Crippen molar-refractivity contribution in [3.05, 3.63) is 83.7 Å². The smallest absolute Gasteiger partial charge is 0.326 e. The maximum atomic E-state index is 15.1. The fourth-order valence-corrected chi connectivity index (χ4v) is 5.99.